The third kappa shape index (κ3) is 3.04. The zero-order valence-electron chi connectivity index (χ0n) is 15.0. The number of aromatic nitrogens is 6. The summed E-state index contributed by atoms with van der Waals surface area (Å²) in [6, 6.07) is 5.46. The molecule has 0 aliphatic carbocycles. The number of hydrogen-bond donors (Lipinski definition) is 2. The Morgan fingerprint density at radius 1 is 1.19 bits per heavy atom. The van der Waals surface area contributed by atoms with Crippen LogP contribution >= 0.6 is 0 Å². The minimum absolute atomic E-state index is 0.340. The average molecular weight is 360 g/mol. The Bertz CT molecular complexity index is 1180. The van der Waals surface area contributed by atoms with Crippen molar-refractivity contribution in [2.75, 3.05) is 5.32 Å². The number of anilines is 2. The number of aryl methyl sites for hydroxylation is 3. The highest BCUT2D eigenvalue weighted by molar-refractivity contribution is 5.89. The molecule has 0 saturated heterocycles. The van der Waals surface area contributed by atoms with Gasteiger partial charge in [-0.2, -0.15) is 15.3 Å². The first-order chi connectivity index (χ1) is 13.0. The molecule has 2 N–H and O–H groups in total. The molecule has 4 rings (SSSR count). The predicted molar refractivity (Wildman–Crippen MR) is 98.9 cm³/mol. The van der Waals surface area contributed by atoms with Gasteiger partial charge < -0.3 is 14.6 Å². The van der Waals surface area contributed by atoms with Gasteiger partial charge in [-0.15, -0.1) is 0 Å². The van der Waals surface area contributed by atoms with Crippen molar-refractivity contribution < 1.29 is 4.74 Å². The van der Waals surface area contributed by atoms with Crippen molar-refractivity contribution in [3.8, 4) is 17.7 Å². The summed E-state index contributed by atoms with van der Waals surface area (Å²) in [5.74, 6) is 0.929. The summed E-state index contributed by atoms with van der Waals surface area (Å²) in [4.78, 5) is 13.0. The molecule has 0 fully saturated rings. The van der Waals surface area contributed by atoms with Gasteiger partial charge in [-0.3, -0.25) is 5.10 Å². The second-order valence-electron chi connectivity index (χ2n) is 6.12. The van der Waals surface area contributed by atoms with Crippen LogP contribution in [0.25, 0.3) is 11.2 Å². The summed E-state index contributed by atoms with van der Waals surface area (Å²) >= 11 is 0. The van der Waals surface area contributed by atoms with Crippen LogP contribution in [-0.4, -0.2) is 29.7 Å². The van der Waals surface area contributed by atoms with Crippen molar-refractivity contribution in [1.82, 2.24) is 29.7 Å². The number of pyridine rings is 2. The molecule has 0 bridgehead atoms. The van der Waals surface area contributed by atoms with E-state index in [9.17, 15) is 0 Å². The Hall–Kier alpha value is -3.93. The number of hydrogen-bond acceptors (Lipinski definition) is 7. The average Bonchev–Trinajstić information content (AvgIpc) is 3.23. The minimum atomic E-state index is 0.340. The second-order valence-corrected chi connectivity index (χ2v) is 6.12. The van der Waals surface area contributed by atoms with Gasteiger partial charge in [0, 0.05) is 13.1 Å². The predicted octanol–water partition coefficient (Wildman–Crippen LogP) is 3.11. The van der Waals surface area contributed by atoms with Crippen LogP contribution in [0.5, 0.6) is 11.6 Å². The van der Waals surface area contributed by atoms with Crippen molar-refractivity contribution in [2.45, 2.75) is 13.8 Å². The highest BCUT2D eigenvalue weighted by Gasteiger charge is 2.14. The van der Waals surface area contributed by atoms with Crippen molar-refractivity contribution in [1.29, 1.82) is 5.26 Å². The Morgan fingerprint density at radius 3 is 2.74 bits per heavy atom. The molecule has 9 nitrogen and oxygen atoms in total. The minimum Gasteiger partial charge on any atom is -0.437 e. The Morgan fingerprint density at radius 2 is 2.04 bits per heavy atom. The number of nitrogens with one attached hydrogen (secondary N) is 2. The normalized spacial score (nSPS) is 10.7. The second kappa shape index (κ2) is 6.42. The number of nitriles is 1. The first-order valence-corrected chi connectivity index (χ1v) is 8.19. The van der Waals surface area contributed by atoms with Crippen molar-refractivity contribution in [3.63, 3.8) is 0 Å². The van der Waals surface area contributed by atoms with Crippen LogP contribution in [0.4, 0.5) is 11.4 Å². The molecule has 4 heterocycles. The molecule has 0 aliphatic heterocycles. The van der Waals surface area contributed by atoms with Crippen LogP contribution in [-0.2, 0) is 7.05 Å². The molecule has 4 aromatic heterocycles. The largest absolute Gasteiger partial charge is 0.437 e. The van der Waals surface area contributed by atoms with E-state index in [1.807, 2.05) is 31.5 Å². The first kappa shape index (κ1) is 16.5. The van der Waals surface area contributed by atoms with Crippen LogP contribution in [0.2, 0.25) is 0 Å². The highest BCUT2D eigenvalue weighted by Crippen LogP contribution is 2.31. The van der Waals surface area contributed by atoms with E-state index in [0.29, 0.717) is 23.0 Å². The van der Waals surface area contributed by atoms with E-state index < -0.39 is 0 Å². The Kier molecular flexibility index (Phi) is 3.93. The molecule has 0 aliphatic rings. The lowest BCUT2D eigenvalue weighted by atomic mass is 10.2. The van der Waals surface area contributed by atoms with E-state index in [0.717, 1.165) is 28.1 Å². The van der Waals surface area contributed by atoms with Crippen LogP contribution in [0, 0.1) is 25.2 Å². The van der Waals surface area contributed by atoms with Crippen LogP contribution < -0.4 is 10.1 Å². The number of H-pyrrole nitrogens is 1. The van der Waals surface area contributed by atoms with E-state index in [1.165, 1.54) is 6.20 Å². The van der Waals surface area contributed by atoms with E-state index in [1.54, 1.807) is 24.7 Å². The summed E-state index contributed by atoms with van der Waals surface area (Å²) in [5.41, 5.74) is 5.04. The highest BCUT2D eigenvalue weighted by atomic mass is 16.5. The zero-order valence-corrected chi connectivity index (χ0v) is 15.0. The number of ether oxygens (including phenoxy) is 1. The molecular weight excluding hydrogens is 344 g/mol. The molecule has 0 atom stereocenters. The number of aromatic amines is 1. The van der Waals surface area contributed by atoms with Crippen LogP contribution in [0.1, 0.15) is 17.0 Å². The first-order valence-electron chi connectivity index (χ1n) is 8.19. The maximum absolute atomic E-state index is 8.96. The molecule has 0 saturated carbocycles. The molecule has 9 heteroatoms. The lowest BCUT2D eigenvalue weighted by Crippen LogP contribution is -1.99. The summed E-state index contributed by atoms with van der Waals surface area (Å²) in [5, 5.41) is 19.2. The van der Waals surface area contributed by atoms with Gasteiger partial charge in [-0.25, -0.2) is 9.97 Å². The third-order valence-corrected chi connectivity index (χ3v) is 4.14. The summed E-state index contributed by atoms with van der Waals surface area (Å²) < 4.78 is 7.76. The number of fused-ring (bicyclic) bond motifs is 1. The molecule has 134 valence electrons. The van der Waals surface area contributed by atoms with E-state index in [4.69, 9.17) is 10.00 Å². The molecule has 0 spiro atoms. The summed E-state index contributed by atoms with van der Waals surface area (Å²) in [6.07, 6.45) is 4.93. The smallest absolute Gasteiger partial charge is 0.223 e. The maximum atomic E-state index is 8.96. The third-order valence-electron chi connectivity index (χ3n) is 4.14. The van der Waals surface area contributed by atoms with Gasteiger partial charge in [0.1, 0.15) is 17.3 Å². The number of nitrogens with zero attached hydrogens (tertiary/aromatic N) is 6. The van der Waals surface area contributed by atoms with E-state index in [2.05, 4.69) is 30.5 Å². The zero-order chi connectivity index (χ0) is 19.0. The monoisotopic (exact) mass is 360 g/mol. The van der Waals surface area contributed by atoms with Gasteiger partial charge in [-0.1, -0.05) is 0 Å². The van der Waals surface area contributed by atoms with E-state index in [-0.39, 0.29) is 0 Å². The quantitative estimate of drug-likeness (QED) is 0.574. The van der Waals surface area contributed by atoms with Crippen molar-refractivity contribution in [3.05, 3.63) is 47.8 Å². The van der Waals surface area contributed by atoms with Gasteiger partial charge >= 0.3 is 0 Å². The van der Waals surface area contributed by atoms with Crippen LogP contribution in [0.15, 0.2) is 30.9 Å². The fraction of sp³-hybridized carbons (Fsp3) is 0.167. The lowest BCUT2D eigenvalue weighted by Gasteiger charge is -2.11. The van der Waals surface area contributed by atoms with Crippen molar-refractivity contribution in [2.24, 2.45) is 7.05 Å². The summed E-state index contributed by atoms with van der Waals surface area (Å²) in [6.45, 7) is 3.78. The van der Waals surface area contributed by atoms with Gasteiger partial charge in [0.15, 0.2) is 11.4 Å². The standard InChI is InChI=1S/C18H16N8O/c1-10-4-12(6-19)20-8-15(10)27-16-5-13(23-14-7-22-25-11(14)2)17-18(24-16)26(3)9-21-17/h4-5,7-9H,1-3H3,(H,22,25)(H,23,24). The number of rotatable bonds is 4. The molecule has 0 amide bonds. The molecule has 0 unspecified atom stereocenters. The molecule has 4 aromatic rings. The van der Waals surface area contributed by atoms with E-state index >= 15 is 0 Å². The van der Waals surface area contributed by atoms with Gasteiger partial charge in [0.25, 0.3) is 0 Å². The molecule has 27 heavy (non-hydrogen) atoms. The molecule has 0 aromatic carbocycles. The summed E-state index contributed by atoms with van der Waals surface area (Å²) in [7, 11) is 1.87. The Balaban J connectivity index is 1.76. The molecular formula is C18H16N8O. The maximum Gasteiger partial charge on any atom is 0.223 e. The fourth-order valence-electron chi connectivity index (χ4n) is 2.67. The van der Waals surface area contributed by atoms with Gasteiger partial charge in [0.05, 0.1) is 35.8 Å². The Labute approximate surface area is 154 Å². The topological polar surface area (TPSA) is 117 Å². The van der Waals surface area contributed by atoms with Gasteiger partial charge in [0.2, 0.25) is 5.88 Å². The van der Waals surface area contributed by atoms with Gasteiger partial charge in [-0.05, 0) is 25.5 Å². The van der Waals surface area contributed by atoms with Crippen molar-refractivity contribution >= 4 is 22.5 Å². The van der Waals surface area contributed by atoms with Crippen LogP contribution in [0.3, 0.4) is 0 Å². The SMILES string of the molecule is Cc1cc(C#N)ncc1Oc1cc(Nc2cn[nH]c2C)c2ncn(C)c2n1. The number of imidazole rings is 1. The fourth-order valence-corrected chi connectivity index (χ4v) is 2.67. The molecule has 0 radical (unpaired) electrons. The lowest BCUT2D eigenvalue weighted by molar-refractivity contribution is 0.459.